The number of aliphatic hydroxyl groups is 1. The average molecular weight is 866 g/mol. The zero-order valence-corrected chi connectivity index (χ0v) is 37.8. The Morgan fingerprint density at radius 2 is 1.84 bits per heavy atom. The number of alkyl carbamates (subject to hydrolysis) is 1. The van der Waals surface area contributed by atoms with Crippen LogP contribution in [0.2, 0.25) is 0 Å². The molecule has 63 heavy (non-hydrogen) atoms. The number of nitrogens with zero attached hydrogens (tertiary/aromatic N) is 3. The first kappa shape index (κ1) is 43.4. The van der Waals surface area contributed by atoms with Gasteiger partial charge >= 0.3 is 18.0 Å². The summed E-state index contributed by atoms with van der Waals surface area (Å²) in [5, 5.41) is 17.7. The van der Waals surface area contributed by atoms with E-state index in [4.69, 9.17) is 23.7 Å². The van der Waals surface area contributed by atoms with Crippen molar-refractivity contribution in [1.82, 2.24) is 20.1 Å². The molecule has 3 N–H and O–H groups in total. The number of fused-ring (bicyclic) bond motifs is 6. The van der Waals surface area contributed by atoms with Crippen molar-refractivity contribution in [2.45, 2.75) is 87.5 Å². The number of likely N-dealkylation sites (N-methyl/N-ethyl adjacent to an activating group) is 1. The standard InChI is InChI=1S/C49H63N5O9/c1-8-31-23-32-26-48(44(56)61-7,40-34(15-19-53(27-31)28-32)33-13-10-11-14-37(33)51-40)36-24-35-38(25-39(36)60-6)52(4)42-47(35)17-20-54-18-12-16-46(9-2,41(47)54)43(63-30(3)55)49(42,58)29-50-45(57)62-22-21-59-5/h10-14,16,23-25,32,41-43,51,58H,8-9,15,17-22,26-29H2,1-7H3,(H,50,57)/t32-,41-,42+,43+,46+,47+,48-,49+/m0/s1. The van der Waals surface area contributed by atoms with Gasteiger partial charge < -0.3 is 44.0 Å². The number of benzene rings is 2. The minimum absolute atomic E-state index is 0.0221. The van der Waals surface area contributed by atoms with Gasteiger partial charge in [0.2, 0.25) is 0 Å². The first-order valence-electron chi connectivity index (χ1n) is 22.6. The van der Waals surface area contributed by atoms with Gasteiger partial charge in [-0.15, -0.1) is 0 Å². The molecule has 6 heterocycles. The van der Waals surface area contributed by atoms with Gasteiger partial charge in [-0.05, 0) is 67.8 Å². The molecule has 2 fully saturated rings. The Labute approximate surface area is 369 Å². The second kappa shape index (κ2) is 16.3. The second-order valence-electron chi connectivity index (χ2n) is 18.7. The quantitative estimate of drug-likeness (QED) is 0.103. The van der Waals surface area contributed by atoms with Crippen LogP contribution in [-0.2, 0) is 45.8 Å². The van der Waals surface area contributed by atoms with Crippen LogP contribution in [0.3, 0.4) is 0 Å². The highest BCUT2D eigenvalue weighted by Crippen LogP contribution is 2.68. The third-order valence-electron chi connectivity index (χ3n) is 15.7. The lowest BCUT2D eigenvalue weighted by atomic mass is 9.47. The summed E-state index contributed by atoms with van der Waals surface area (Å²) in [4.78, 5) is 52.8. The number of aromatic amines is 1. The van der Waals surface area contributed by atoms with Gasteiger partial charge in [-0.3, -0.25) is 19.4 Å². The summed E-state index contributed by atoms with van der Waals surface area (Å²) in [5.74, 6) is -0.351. The first-order valence-corrected chi connectivity index (χ1v) is 22.6. The second-order valence-corrected chi connectivity index (χ2v) is 18.7. The van der Waals surface area contributed by atoms with Crippen LogP contribution < -0.4 is 15.0 Å². The molecule has 1 unspecified atom stereocenters. The number of amides is 1. The number of hydrogen-bond acceptors (Lipinski definition) is 12. The smallest absolute Gasteiger partial charge is 0.407 e. The van der Waals surface area contributed by atoms with Crippen molar-refractivity contribution < 1.29 is 43.2 Å². The van der Waals surface area contributed by atoms with Crippen molar-refractivity contribution in [3.8, 4) is 5.75 Å². The molecule has 1 saturated heterocycles. The zero-order valence-electron chi connectivity index (χ0n) is 37.8. The number of aromatic nitrogens is 1. The Balaban J connectivity index is 1.31. The van der Waals surface area contributed by atoms with Gasteiger partial charge in [0.25, 0.3) is 0 Å². The molecule has 14 heteroatoms. The van der Waals surface area contributed by atoms with E-state index >= 15 is 4.79 Å². The minimum Gasteiger partial charge on any atom is -0.496 e. The summed E-state index contributed by atoms with van der Waals surface area (Å²) in [6, 6.07) is 11.6. The van der Waals surface area contributed by atoms with Gasteiger partial charge in [-0.25, -0.2) is 4.79 Å². The number of hydrogen-bond donors (Lipinski definition) is 3. The van der Waals surface area contributed by atoms with Gasteiger partial charge in [0.05, 0.1) is 33.4 Å². The van der Waals surface area contributed by atoms with Crippen molar-refractivity contribution in [3.05, 3.63) is 82.6 Å². The van der Waals surface area contributed by atoms with Gasteiger partial charge in [0, 0.05) is 98.0 Å². The topological polar surface area (TPSA) is 155 Å². The highest BCUT2D eigenvalue weighted by Gasteiger charge is 2.78. The SMILES string of the molecule is CCC1=C[C@@H]2CN(CCc3c([nH]c4ccccc34)[C@@](C(=O)OC)(c3cc4c(cc3OC)N(C)[C@H]3[C@](O)(CNC(=O)OCCOC)[C@H](OC(C)=O)[C@]5(CC)C=CCN6CC[C@]43[C@@H]65)C2)C1. The summed E-state index contributed by atoms with van der Waals surface area (Å²) in [5.41, 5.74) is 1.90. The molecule has 1 saturated carbocycles. The maximum absolute atomic E-state index is 15.4. The molecule has 1 aromatic heterocycles. The highest BCUT2D eigenvalue weighted by atomic mass is 16.6. The molecule has 1 aliphatic carbocycles. The Kier molecular flexibility index (Phi) is 11.2. The lowest BCUT2D eigenvalue weighted by Gasteiger charge is -2.64. The summed E-state index contributed by atoms with van der Waals surface area (Å²) in [7, 11) is 6.61. The molecule has 9 rings (SSSR count). The van der Waals surface area contributed by atoms with E-state index < -0.39 is 46.1 Å². The third kappa shape index (κ3) is 6.36. The van der Waals surface area contributed by atoms with Gasteiger partial charge in [-0.2, -0.15) is 0 Å². The third-order valence-corrected chi connectivity index (χ3v) is 15.7. The summed E-state index contributed by atoms with van der Waals surface area (Å²) in [6.07, 6.45) is 8.17. The Morgan fingerprint density at radius 1 is 1.03 bits per heavy atom. The van der Waals surface area contributed by atoms with Crippen LogP contribution in [-0.4, -0.2) is 143 Å². The van der Waals surface area contributed by atoms with Crippen LogP contribution in [0.1, 0.15) is 68.8 Å². The molecule has 14 nitrogen and oxygen atoms in total. The molecular weight excluding hydrogens is 803 g/mol. The van der Waals surface area contributed by atoms with Crippen LogP contribution in [0.5, 0.6) is 5.75 Å². The van der Waals surface area contributed by atoms with Gasteiger partial charge in [0.1, 0.15) is 29.5 Å². The number of carbonyl (C=O) groups excluding carboxylic acids is 3. The van der Waals surface area contributed by atoms with E-state index in [0.29, 0.717) is 43.7 Å². The van der Waals surface area contributed by atoms with E-state index in [1.54, 1.807) is 7.11 Å². The van der Waals surface area contributed by atoms with Crippen LogP contribution in [0.4, 0.5) is 10.5 Å². The Hall–Kier alpha value is -4.89. The van der Waals surface area contributed by atoms with E-state index in [-0.39, 0.29) is 37.7 Å². The lowest BCUT2D eigenvalue weighted by molar-refractivity contribution is -0.217. The van der Waals surface area contributed by atoms with Gasteiger partial charge in [0.15, 0.2) is 0 Å². The lowest BCUT2D eigenvalue weighted by Crippen LogP contribution is -2.81. The minimum atomic E-state index is -1.84. The Morgan fingerprint density at radius 3 is 2.57 bits per heavy atom. The van der Waals surface area contributed by atoms with E-state index in [1.807, 2.05) is 19.2 Å². The number of carbonyl (C=O) groups is 3. The van der Waals surface area contributed by atoms with Crippen LogP contribution in [0, 0.1) is 11.3 Å². The monoisotopic (exact) mass is 865 g/mol. The molecule has 2 aromatic carbocycles. The number of para-hydroxylation sites is 1. The van der Waals surface area contributed by atoms with E-state index in [2.05, 4.69) is 81.3 Å². The molecule has 6 aliphatic rings. The highest BCUT2D eigenvalue weighted by molar-refractivity contribution is 5.94. The van der Waals surface area contributed by atoms with Gasteiger partial charge in [-0.1, -0.05) is 55.8 Å². The molecule has 3 aromatic rings. The number of anilines is 1. The van der Waals surface area contributed by atoms with Crippen LogP contribution in [0.15, 0.2) is 60.2 Å². The summed E-state index contributed by atoms with van der Waals surface area (Å²) >= 11 is 0. The molecule has 338 valence electrons. The van der Waals surface area contributed by atoms with E-state index in [1.165, 1.54) is 26.7 Å². The molecular formula is C49H63N5O9. The Bertz CT molecular complexity index is 2360. The number of ether oxygens (including phenoxy) is 5. The summed E-state index contributed by atoms with van der Waals surface area (Å²) in [6.45, 7) is 9.58. The first-order chi connectivity index (χ1) is 30.4. The van der Waals surface area contributed by atoms with E-state index in [9.17, 15) is 14.7 Å². The van der Waals surface area contributed by atoms with Crippen molar-refractivity contribution in [2.75, 3.05) is 85.8 Å². The predicted molar refractivity (Wildman–Crippen MR) is 238 cm³/mol. The number of nitrogens with one attached hydrogen (secondary N) is 2. The molecule has 0 radical (unpaired) electrons. The molecule has 1 amide bonds. The van der Waals surface area contributed by atoms with Crippen molar-refractivity contribution in [1.29, 1.82) is 0 Å². The number of esters is 2. The largest absolute Gasteiger partial charge is 0.496 e. The number of rotatable bonds is 11. The molecule has 9 atom stereocenters. The zero-order chi connectivity index (χ0) is 44.5. The molecule has 1 spiro atoms. The van der Waals surface area contributed by atoms with Crippen LogP contribution >= 0.6 is 0 Å². The fourth-order valence-electron chi connectivity index (χ4n) is 13.5. The fraction of sp³-hybridized carbons (Fsp3) is 0.571. The maximum Gasteiger partial charge on any atom is 0.407 e. The maximum atomic E-state index is 15.4. The summed E-state index contributed by atoms with van der Waals surface area (Å²) < 4.78 is 29.3. The fourth-order valence-corrected chi connectivity index (χ4v) is 13.5. The normalized spacial score (nSPS) is 32.9. The molecule has 5 aliphatic heterocycles. The van der Waals surface area contributed by atoms with Crippen molar-refractivity contribution in [2.24, 2.45) is 11.3 Å². The number of methoxy groups -OCH3 is 3. The van der Waals surface area contributed by atoms with Crippen molar-refractivity contribution >= 4 is 34.6 Å². The van der Waals surface area contributed by atoms with Crippen molar-refractivity contribution in [3.63, 3.8) is 0 Å². The van der Waals surface area contributed by atoms with E-state index in [0.717, 1.165) is 65.9 Å². The average Bonchev–Trinajstić information content (AvgIpc) is 3.95. The molecule has 2 bridgehead atoms. The van der Waals surface area contributed by atoms with Crippen LogP contribution in [0.25, 0.3) is 10.9 Å². The predicted octanol–water partition coefficient (Wildman–Crippen LogP) is 5.00. The number of H-pyrrole nitrogens is 1.